The second-order valence-corrected chi connectivity index (χ2v) is 6.27. The fourth-order valence-electron chi connectivity index (χ4n) is 0.848. The van der Waals surface area contributed by atoms with Crippen LogP contribution in [0.3, 0.4) is 0 Å². The molecule has 0 aliphatic heterocycles. The van der Waals surface area contributed by atoms with Gasteiger partial charge in [0.2, 0.25) is 5.85 Å². The number of carbonyl (C=O) groups is 1. The largest absolute Gasteiger partial charge is 1.00 e. The third-order valence-electron chi connectivity index (χ3n) is 1.35. The quantitative estimate of drug-likeness (QED) is 0.205. The fourth-order valence-corrected chi connectivity index (χ4v) is 2.98. The van der Waals surface area contributed by atoms with Crippen molar-refractivity contribution < 1.29 is 55.0 Å². The molecule has 0 amide bonds. The summed E-state index contributed by atoms with van der Waals surface area (Å²) in [6.45, 7) is 2.44. The molecule has 102 valence electrons. The molecule has 0 aliphatic carbocycles. The van der Waals surface area contributed by atoms with Crippen LogP contribution in [0.25, 0.3) is 0 Å². The van der Waals surface area contributed by atoms with Crippen LogP contribution in [-0.4, -0.2) is 39.7 Å². The molecule has 0 rings (SSSR count). The van der Waals surface area contributed by atoms with Crippen molar-refractivity contribution in [1.82, 2.24) is 0 Å². The van der Waals surface area contributed by atoms with Crippen LogP contribution >= 0.6 is 7.60 Å². The second-order valence-electron chi connectivity index (χ2n) is 2.86. The maximum Gasteiger partial charge on any atom is 1.00 e. The van der Waals surface area contributed by atoms with E-state index in [2.05, 4.69) is 13.4 Å². The van der Waals surface area contributed by atoms with Gasteiger partial charge < -0.3 is 18.7 Å². The van der Waals surface area contributed by atoms with Gasteiger partial charge in [0.05, 0.1) is 19.5 Å². The molecule has 0 radical (unpaired) electrons. The van der Waals surface area contributed by atoms with Crippen LogP contribution in [-0.2, 0) is 32.9 Å². The zero-order valence-corrected chi connectivity index (χ0v) is 12.3. The van der Waals surface area contributed by atoms with Crippen LogP contribution in [0.5, 0.6) is 0 Å². The Morgan fingerprint density at radius 3 is 2.17 bits per heavy atom. The van der Waals surface area contributed by atoms with E-state index < -0.39 is 29.5 Å². The Morgan fingerprint density at radius 1 is 1.33 bits per heavy atom. The monoisotopic (exact) mass is 296 g/mol. The molecule has 0 aromatic carbocycles. The average Bonchev–Trinajstić information content (AvgIpc) is 2.13. The van der Waals surface area contributed by atoms with Gasteiger partial charge in [-0.3, -0.25) is 0 Å². The summed E-state index contributed by atoms with van der Waals surface area (Å²) in [4.78, 5) is 22.7. The summed E-state index contributed by atoms with van der Waals surface area (Å²) in [6.07, 6.45) is 0.616. The van der Waals surface area contributed by atoms with Gasteiger partial charge in [0.25, 0.3) is 10.1 Å². The summed E-state index contributed by atoms with van der Waals surface area (Å²) < 4.78 is 46.0. The van der Waals surface area contributed by atoms with Gasteiger partial charge in [-0.25, -0.2) is 8.98 Å². The molecular formula is C7H14LiO8PS. The van der Waals surface area contributed by atoms with E-state index in [1.165, 1.54) is 13.8 Å². The van der Waals surface area contributed by atoms with E-state index >= 15 is 0 Å². The van der Waals surface area contributed by atoms with Crippen molar-refractivity contribution in [3.05, 3.63) is 0 Å². The molecule has 0 heterocycles. The van der Waals surface area contributed by atoms with Crippen molar-refractivity contribution in [1.29, 1.82) is 0 Å². The predicted molar refractivity (Wildman–Crippen MR) is 55.6 cm³/mol. The van der Waals surface area contributed by atoms with E-state index in [0.29, 0.717) is 6.26 Å². The molecule has 8 nitrogen and oxygen atoms in total. The summed E-state index contributed by atoms with van der Waals surface area (Å²) in [7, 11) is -8.95. The topological polar surface area (TPSA) is 119 Å². The minimum absolute atomic E-state index is 0. The summed E-state index contributed by atoms with van der Waals surface area (Å²) in [5.74, 6) is -3.64. The van der Waals surface area contributed by atoms with Crippen molar-refractivity contribution in [2.45, 2.75) is 19.7 Å². The molecule has 2 atom stereocenters. The van der Waals surface area contributed by atoms with Crippen LogP contribution in [0.1, 0.15) is 13.8 Å². The minimum Gasteiger partial charge on any atom is -0.776 e. The smallest absolute Gasteiger partial charge is 0.776 e. The molecule has 18 heavy (non-hydrogen) atoms. The number of ether oxygens (including phenoxy) is 1. The maximum atomic E-state index is 11.4. The zero-order valence-electron chi connectivity index (χ0n) is 10.6. The van der Waals surface area contributed by atoms with Gasteiger partial charge >= 0.3 is 24.8 Å². The van der Waals surface area contributed by atoms with Gasteiger partial charge in [-0.1, -0.05) is 0 Å². The Labute approximate surface area is 118 Å². The number of hydrogen-bond acceptors (Lipinski definition) is 8. The van der Waals surface area contributed by atoms with Crippen molar-refractivity contribution in [3.63, 3.8) is 0 Å². The fraction of sp³-hybridized carbons (Fsp3) is 0.857. The molecule has 0 spiro atoms. The zero-order chi connectivity index (χ0) is 13.7. The van der Waals surface area contributed by atoms with Gasteiger partial charge in [0.15, 0.2) is 7.60 Å². The summed E-state index contributed by atoms with van der Waals surface area (Å²) in [5, 5.41) is 0. The first kappa shape index (κ1) is 20.4. The third-order valence-corrected chi connectivity index (χ3v) is 3.54. The van der Waals surface area contributed by atoms with E-state index in [-0.39, 0.29) is 32.1 Å². The Morgan fingerprint density at radius 2 is 1.83 bits per heavy atom. The van der Waals surface area contributed by atoms with E-state index in [0.717, 1.165) is 0 Å². The molecule has 11 heteroatoms. The molecule has 0 aliphatic rings. The third kappa shape index (κ3) is 7.54. The SMILES string of the molecule is CCOC(=O)C(OS(C)(=O)=O)P(=O)([O-])OCC.[Li+]. The number of hydrogen-bond donors (Lipinski definition) is 0. The number of carbonyl (C=O) groups excluding carboxylic acids is 1. The van der Waals surface area contributed by atoms with Crippen LogP contribution in [0.15, 0.2) is 0 Å². The summed E-state index contributed by atoms with van der Waals surface area (Å²) in [5.41, 5.74) is 0. The van der Waals surface area contributed by atoms with Gasteiger partial charge in [-0.05, 0) is 13.8 Å². The molecule has 0 N–H and O–H groups in total. The average molecular weight is 296 g/mol. The Hall–Kier alpha value is 0.127. The van der Waals surface area contributed by atoms with E-state index in [1.807, 2.05) is 0 Å². The Balaban J connectivity index is 0. The van der Waals surface area contributed by atoms with Crippen molar-refractivity contribution in [2.24, 2.45) is 0 Å². The van der Waals surface area contributed by atoms with E-state index in [1.54, 1.807) is 0 Å². The van der Waals surface area contributed by atoms with Crippen LogP contribution in [0.2, 0.25) is 0 Å². The van der Waals surface area contributed by atoms with Crippen molar-refractivity contribution in [3.8, 4) is 0 Å². The molecular weight excluding hydrogens is 282 g/mol. The molecule has 0 fully saturated rings. The van der Waals surface area contributed by atoms with Crippen LogP contribution in [0, 0.1) is 0 Å². The van der Waals surface area contributed by atoms with E-state index in [9.17, 15) is 22.7 Å². The maximum absolute atomic E-state index is 11.4. The standard InChI is InChI=1S/C7H15O8PS.Li/c1-4-13-6(8)7(15-17(3,11)12)16(9,10)14-5-2;/h7H,4-5H2,1-3H3,(H,9,10);/q;+1/p-1. The first-order valence-electron chi connectivity index (χ1n) is 4.64. The van der Waals surface area contributed by atoms with E-state index in [4.69, 9.17) is 0 Å². The Kier molecular flexibility index (Phi) is 9.46. The van der Waals surface area contributed by atoms with Gasteiger partial charge in [-0.15, -0.1) is 0 Å². The van der Waals surface area contributed by atoms with Gasteiger partial charge in [-0.2, -0.15) is 8.42 Å². The molecule has 0 aromatic rings. The van der Waals surface area contributed by atoms with Crippen molar-refractivity contribution in [2.75, 3.05) is 19.5 Å². The van der Waals surface area contributed by atoms with Crippen LogP contribution in [0.4, 0.5) is 0 Å². The van der Waals surface area contributed by atoms with Gasteiger partial charge in [0.1, 0.15) is 0 Å². The number of rotatable bonds is 7. The van der Waals surface area contributed by atoms with Crippen LogP contribution < -0.4 is 23.8 Å². The predicted octanol–water partition coefficient (Wildman–Crippen LogP) is -3.55. The number of esters is 1. The van der Waals surface area contributed by atoms with Crippen molar-refractivity contribution >= 4 is 23.7 Å². The second kappa shape index (κ2) is 8.33. The Bertz CT molecular complexity index is 408. The summed E-state index contributed by atoms with van der Waals surface area (Å²) >= 11 is 0. The first-order valence-corrected chi connectivity index (χ1v) is 8.07. The molecule has 0 bridgehead atoms. The van der Waals surface area contributed by atoms with Gasteiger partial charge in [0, 0.05) is 0 Å². The first-order chi connectivity index (χ1) is 7.64. The molecule has 0 saturated heterocycles. The summed E-state index contributed by atoms with van der Waals surface area (Å²) in [6, 6.07) is 0. The molecule has 2 unspecified atom stereocenters. The minimum atomic E-state index is -4.81. The molecule has 0 saturated carbocycles. The normalized spacial score (nSPS) is 16.2. The molecule has 0 aromatic heterocycles.